The number of carbonyl (C=O) groups is 1. The molecule has 2 N–H and O–H groups in total. The highest BCUT2D eigenvalue weighted by atomic mass is 19.4. The molecule has 0 radical (unpaired) electrons. The summed E-state index contributed by atoms with van der Waals surface area (Å²) in [4.78, 5) is 11.3. The fourth-order valence-electron chi connectivity index (χ4n) is 3.19. The van der Waals surface area contributed by atoms with Crippen LogP contribution >= 0.6 is 0 Å². The summed E-state index contributed by atoms with van der Waals surface area (Å²) in [7, 11) is 1.58. The monoisotopic (exact) mass is 376 g/mol. The molecule has 0 bridgehead atoms. The Balaban J connectivity index is 1.97. The first kappa shape index (κ1) is 19.0. The highest BCUT2D eigenvalue weighted by Crippen LogP contribution is 2.30. The van der Waals surface area contributed by atoms with Crippen molar-refractivity contribution in [2.45, 2.75) is 25.2 Å². The van der Waals surface area contributed by atoms with Crippen LogP contribution in [0.3, 0.4) is 0 Å². The Morgan fingerprint density at radius 1 is 1.19 bits per heavy atom. The van der Waals surface area contributed by atoms with Gasteiger partial charge in [0.05, 0.1) is 5.56 Å². The summed E-state index contributed by atoms with van der Waals surface area (Å²) in [6.07, 6.45) is -2.29. The van der Waals surface area contributed by atoms with Crippen molar-refractivity contribution in [1.82, 2.24) is 9.88 Å². The van der Waals surface area contributed by atoms with Crippen molar-refractivity contribution in [3.05, 3.63) is 71.4 Å². The molecule has 0 aliphatic heterocycles. The first-order valence-corrected chi connectivity index (χ1v) is 8.42. The highest BCUT2D eigenvalue weighted by molar-refractivity contribution is 5.85. The van der Waals surface area contributed by atoms with Crippen LogP contribution in [0, 0.1) is 0 Å². The first-order valence-electron chi connectivity index (χ1n) is 8.42. The lowest BCUT2D eigenvalue weighted by Crippen LogP contribution is -2.35. The van der Waals surface area contributed by atoms with Crippen molar-refractivity contribution in [1.29, 1.82) is 0 Å². The number of likely N-dealkylation sites (N-methyl/N-ethyl adjacent to an activating group) is 1. The summed E-state index contributed by atoms with van der Waals surface area (Å²) >= 11 is 0. The number of carboxylic acid groups (broad SMARTS) is 1. The van der Waals surface area contributed by atoms with E-state index in [0.717, 1.165) is 28.6 Å². The maximum Gasteiger partial charge on any atom is 0.416 e. The van der Waals surface area contributed by atoms with E-state index in [1.54, 1.807) is 13.1 Å². The summed E-state index contributed by atoms with van der Waals surface area (Å²) < 4.78 is 40.7. The van der Waals surface area contributed by atoms with Crippen LogP contribution in [-0.4, -0.2) is 28.7 Å². The molecule has 0 aliphatic rings. The fraction of sp³-hybridized carbons (Fsp3) is 0.250. The number of nitrogens with one attached hydrogen (secondary N) is 1. The topological polar surface area (TPSA) is 54.3 Å². The van der Waals surface area contributed by atoms with Crippen molar-refractivity contribution in [2.24, 2.45) is 0 Å². The molecule has 0 saturated carbocycles. The molecule has 142 valence electrons. The molecule has 7 heteroatoms. The van der Waals surface area contributed by atoms with E-state index in [1.165, 1.54) is 6.07 Å². The van der Waals surface area contributed by atoms with Crippen molar-refractivity contribution >= 4 is 16.9 Å². The molecule has 1 aromatic heterocycles. The quantitative estimate of drug-likeness (QED) is 0.686. The number of aromatic nitrogens is 1. The van der Waals surface area contributed by atoms with Gasteiger partial charge in [0.15, 0.2) is 0 Å². The van der Waals surface area contributed by atoms with Gasteiger partial charge >= 0.3 is 12.1 Å². The number of fused-ring (bicyclic) bond motifs is 1. The molecule has 0 spiro atoms. The number of aliphatic carboxylic acids is 1. The fourth-order valence-corrected chi connectivity index (χ4v) is 3.19. The third-order valence-electron chi connectivity index (χ3n) is 4.55. The molecule has 4 nitrogen and oxygen atoms in total. The molecule has 3 aromatic rings. The second-order valence-corrected chi connectivity index (χ2v) is 6.38. The molecule has 0 amide bonds. The van der Waals surface area contributed by atoms with Gasteiger partial charge in [-0.1, -0.05) is 30.3 Å². The summed E-state index contributed by atoms with van der Waals surface area (Å²) in [5.74, 6) is -0.952. The predicted molar refractivity (Wildman–Crippen MR) is 96.7 cm³/mol. The van der Waals surface area contributed by atoms with Crippen LogP contribution in [0.5, 0.6) is 0 Å². The molecule has 0 fully saturated rings. The minimum absolute atomic E-state index is 0.266. The van der Waals surface area contributed by atoms with Gasteiger partial charge in [0, 0.05) is 30.1 Å². The third kappa shape index (κ3) is 4.14. The van der Waals surface area contributed by atoms with Gasteiger partial charge in [0.25, 0.3) is 0 Å². The van der Waals surface area contributed by atoms with E-state index in [1.807, 2.05) is 35.0 Å². The van der Waals surface area contributed by atoms with Gasteiger partial charge in [-0.15, -0.1) is 0 Å². The third-order valence-corrected chi connectivity index (χ3v) is 4.55. The van der Waals surface area contributed by atoms with Gasteiger partial charge in [0.2, 0.25) is 0 Å². The summed E-state index contributed by atoms with van der Waals surface area (Å²) in [5.41, 5.74) is 1.53. The highest BCUT2D eigenvalue weighted by Gasteiger charge is 2.30. The zero-order valence-electron chi connectivity index (χ0n) is 14.6. The smallest absolute Gasteiger partial charge is 0.416 e. The van der Waals surface area contributed by atoms with Crippen LogP contribution in [0.2, 0.25) is 0 Å². The second kappa shape index (κ2) is 7.44. The minimum atomic E-state index is -4.39. The lowest BCUT2D eigenvalue weighted by atomic mass is 10.1. The Hall–Kier alpha value is -2.80. The van der Waals surface area contributed by atoms with Crippen LogP contribution in [0.1, 0.15) is 16.7 Å². The van der Waals surface area contributed by atoms with Crippen LogP contribution in [0.4, 0.5) is 13.2 Å². The van der Waals surface area contributed by atoms with E-state index < -0.39 is 23.8 Å². The standard InChI is InChI=1S/C20H19F3N2O2/c1-24-17(19(26)27)10-14-12-25(18-8-3-2-7-16(14)18)11-13-5-4-6-15(9-13)20(21,22)23/h2-9,12,17,24H,10-11H2,1H3,(H,26,27). The molecule has 0 saturated heterocycles. The number of para-hydroxylation sites is 1. The number of halogens is 3. The summed E-state index contributed by atoms with van der Waals surface area (Å²) in [6.45, 7) is 0.266. The molecule has 0 aliphatic carbocycles. The largest absolute Gasteiger partial charge is 0.480 e. The van der Waals surface area contributed by atoms with E-state index >= 15 is 0 Å². The molecule has 1 heterocycles. The van der Waals surface area contributed by atoms with Gasteiger partial charge < -0.3 is 15.0 Å². The van der Waals surface area contributed by atoms with Gasteiger partial charge in [-0.2, -0.15) is 13.2 Å². The second-order valence-electron chi connectivity index (χ2n) is 6.38. The lowest BCUT2D eigenvalue weighted by Gasteiger charge is -2.10. The molecule has 27 heavy (non-hydrogen) atoms. The Kier molecular flexibility index (Phi) is 5.23. The lowest BCUT2D eigenvalue weighted by molar-refractivity contribution is -0.139. The van der Waals surface area contributed by atoms with Gasteiger partial charge in [0.1, 0.15) is 6.04 Å². The zero-order valence-corrected chi connectivity index (χ0v) is 14.6. The number of benzene rings is 2. The average molecular weight is 376 g/mol. The molecular weight excluding hydrogens is 357 g/mol. The Labute approximate surface area is 154 Å². The average Bonchev–Trinajstić information content (AvgIpc) is 2.96. The number of hydrogen-bond acceptors (Lipinski definition) is 2. The SMILES string of the molecule is CNC(Cc1cn(Cc2cccc(C(F)(F)F)c2)c2ccccc12)C(=O)O. The van der Waals surface area contributed by atoms with Crippen LogP contribution in [0.25, 0.3) is 10.9 Å². The minimum Gasteiger partial charge on any atom is -0.480 e. The van der Waals surface area contributed by atoms with E-state index in [9.17, 15) is 23.1 Å². The molecule has 1 unspecified atom stereocenters. The number of hydrogen-bond donors (Lipinski definition) is 2. The van der Waals surface area contributed by atoms with E-state index in [0.29, 0.717) is 5.56 Å². The number of nitrogens with zero attached hydrogens (tertiary/aromatic N) is 1. The van der Waals surface area contributed by atoms with Gasteiger partial charge in [-0.25, -0.2) is 0 Å². The Morgan fingerprint density at radius 3 is 2.59 bits per heavy atom. The van der Waals surface area contributed by atoms with Crippen molar-refractivity contribution in [2.75, 3.05) is 7.05 Å². The normalized spacial score (nSPS) is 13.0. The maximum atomic E-state index is 13.0. The summed E-state index contributed by atoms with van der Waals surface area (Å²) in [6, 6.07) is 12.0. The van der Waals surface area contributed by atoms with E-state index in [-0.39, 0.29) is 13.0 Å². The van der Waals surface area contributed by atoms with E-state index in [2.05, 4.69) is 5.32 Å². The predicted octanol–water partition coefficient (Wildman–Crippen LogP) is 3.92. The maximum absolute atomic E-state index is 13.0. The van der Waals surface area contributed by atoms with Crippen LogP contribution in [0.15, 0.2) is 54.7 Å². The Bertz CT molecular complexity index is 963. The van der Waals surface area contributed by atoms with Crippen molar-refractivity contribution < 1.29 is 23.1 Å². The molecular formula is C20H19F3N2O2. The molecule has 2 aromatic carbocycles. The van der Waals surface area contributed by atoms with E-state index in [4.69, 9.17) is 0 Å². The number of rotatable bonds is 6. The zero-order chi connectivity index (χ0) is 19.6. The van der Waals surface area contributed by atoms with Crippen molar-refractivity contribution in [3.63, 3.8) is 0 Å². The number of alkyl halides is 3. The first-order chi connectivity index (χ1) is 12.8. The summed E-state index contributed by atoms with van der Waals surface area (Å²) in [5, 5.41) is 12.9. The van der Waals surface area contributed by atoms with Crippen LogP contribution in [-0.2, 0) is 23.9 Å². The van der Waals surface area contributed by atoms with Gasteiger partial charge in [-0.3, -0.25) is 4.79 Å². The number of carboxylic acids is 1. The van der Waals surface area contributed by atoms with Gasteiger partial charge in [-0.05, 0) is 36.4 Å². The van der Waals surface area contributed by atoms with Crippen molar-refractivity contribution in [3.8, 4) is 0 Å². The van der Waals surface area contributed by atoms with Crippen LogP contribution < -0.4 is 5.32 Å². The molecule has 1 atom stereocenters. The Morgan fingerprint density at radius 2 is 1.93 bits per heavy atom. The molecule has 3 rings (SSSR count).